The quantitative estimate of drug-likeness (QED) is 0.164. The van der Waals surface area contributed by atoms with E-state index in [-0.39, 0.29) is 0 Å². The molecule has 0 unspecified atom stereocenters. The Kier molecular flexibility index (Phi) is 7.61. The third kappa shape index (κ3) is 5.51. The lowest BCUT2D eigenvalue weighted by Crippen LogP contribution is -2.10. The highest BCUT2D eigenvalue weighted by atomic mass is 32.1. The minimum Gasteiger partial charge on any atom is -0.308 e. The Morgan fingerprint density at radius 2 is 0.836 bits per heavy atom. The highest BCUT2D eigenvalue weighted by Gasteiger charge is 2.21. The summed E-state index contributed by atoms with van der Waals surface area (Å²) in [5, 5.41) is 7.73. The third-order valence-corrected chi connectivity index (χ3v) is 13.2. The Bertz CT molecular complexity index is 3200. The van der Waals surface area contributed by atoms with E-state index in [9.17, 15) is 0 Å². The maximum absolute atomic E-state index is 2.48. The Morgan fingerprint density at radius 3 is 1.64 bits per heavy atom. The molecule has 0 bridgehead atoms. The van der Waals surface area contributed by atoms with Gasteiger partial charge in [-0.05, 0) is 98.8 Å². The zero-order chi connectivity index (χ0) is 36.3. The first kappa shape index (κ1) is 32.0. The first-order valence-electron chi connectivity index (χ1n) is 18.7. The molecule has 55 heavy (non-hydrogen) atoms. The van der Waals surface area contributed by atoms with Gasteiger partial charge >= 0.3 is 0 Å². The van der Waals surface area contributed by atoms with Crippen molar-refractivity contribution in [3.63, 3.8) is 0 Å². The van der Waals surface area contributed by atoms with Crippen molar-refractivity contribution in [1.29, 1.82) is 0 Å². The van der Waals surface area contributed by atoms with Crippen molar-refractivity contribution in [1.82, 2.24) is 0 Å². The molecule has 11 rings (SSSR count). The molecule has 0 spiro atoms. The molecule has 0 aliphatic carbocycles. The van der Waals surface area contributed by atoms with Crippen LogP contribution in [-0.2, 0) is 0 Å². The summed E-state index contributed by atoms with van der Waals surface area (Å²) in [6.07, 6.45) is 0. The van der Waals surface area contributed by atoms with E-state index in [4.69, 9.17) is 0 Å². The number of hydrogen-bond acceptors (Lipinski definition) is 3. The number of hydrogen-bond donors (Lipinski definition) is 0. The highest BCUT2D eigenvalue weighted by Crippen LogP contribution is 2.49. The molecular weight excluding hydrogens is 703 g/mol. The summed E-state index contributed by atoms with van der Waals surface area (Å²) in [6, 6.07) is 73.4. The zero-order valence-electron chi connectivity index (χ0n) is 29.8. The van der Waals surface area contributed by atoms with E-state index in [2.05, 4.69) is 205 Å². The Hall–Kier alpha value is -6.52. The minimum atomic E-state index is 1.14. The second-order valence-corrected chi connectivity index (χ2v) is 16.2. The van der Waals surface area contributed by atoms with E-state index in [0.29, 0.717) is 0 Å². The van der Waals surface area contributed by atoms with Crippen molar-refractivity contribution in [2.45, 2.75) is 0 Å². The number of nitrogens with zero attached hydrogens (tertiary/aromatic N) is 1. The fourth-order valence-corrected chi connectivity index (χ4v) is 10.5. The van der Waals surface area contributed by atoms with Gasteiger partial charge in [0, 0.05) is 41.3 Å². The molecule has 0 radical (unpaired) electrons. The van der Waals surface area contributed by atoms with Gasteiger partial charge in [0.05, 0.1) is 16.1 Å². The lowest BCUT2D eigenvalue weighted by Gasteiger charge is -2.27. The molecule has 0 atom stereocenters. The average molecular weight is 736 g/mol. The van der Waals surface area contributed by atoms with E-state index in [1.165, 1.54) is 95.9 Å². The summed E-state index contributed by atoms with van der Waals surface area (Å²) in [4.78, 5) is 2.48. The van der Waals surface area contributed by atoms with Crippen LogP contribution >= 0.6 is 22.7 Å². The molecule has 0 amide bonds. The van der Waals surface area contributed by atoms with Crippen molar-refractivity contribution >= 4 is 90.9 Å². The molecule has 9 aromatic carbocycles. The van der Waals surface area contributed by atoms with Crippen LogP contribution in [0.25, 0.3) is 84.5 Å². The Morgan fingerprint density at radius 1 is 0.309 bits per heavy atom. The highest BCUT2D eigenvalue weighted by molar-refractivity contribution is 7.26. The van der Waals surface area contributed by atoms with Gasteiger partial charge in [0.2, 0.25) is 0 Å². The van der Waals surface area contributed by atoms with Crippen LogP contribution in [0.15, 0.2) is 200 Å². The number of anilines is 3. The maximum atomic E-state index is 2.48. The number of fused-ring (bicyclic) bond motifs is 7. The lowest BCUT2D eigenvalue weighted by atomic mass is 9.96. The molecule has 258 valence electrons. The molecule has 0 fully saturated rings. The van der Waals surface area contributed by atoms with Gasteiger partial charge < -0.3 is 4.90 Å². The lowest BCUT2D eigenvalue weighted by molar-refractivity contribution is 1.32. The summed E-state index contributed by atoms with van der Waals surface area (Å²) >= 11 is 3.74. The smallest absolute Gasteiger partial charge is 0.0640 e. The Balaban J connectivity index is 0.979. The molecule has 0 saturated heterocycles. The molecule has 1 nitrogen and oxygen atoms in total. The predicted molar refractivity (Wildman–Crippen MR) is 241 cm³/mol. The van der Waals surface area contributed by atoms with Gasteiger partial charge in [0.1, 0.15) is 0 Å². The molecule has 0 N–H and O–H groups in total. The molecule has 3 heteroatoms. The average Bonchev–Trinajstić information content (AvgIpc) is 3.84. The molecule has 11 aromatic rings. The van der Waals surface area contributed by atoms with E-state index < -0.39 is 0 Å². The van der Waals surface area contributed by atoms with Crippen molar-refractivity contribution in [2.24, 2.45) is 0 Å². The monoisotopic (exact) mass is 735 g/mol. The first-order valence-corrected chi connectivity index (χ1v) is 20.3. The number of rotatable bonds is 6. The second-order valence-electron chi connectivity index (χ2n) is 14.1. The molecule has 2 aromatic heterocycles. The first-order chi connectivity index (χ1) is 27.2. The van der Waals surface area contributed by atoms with E-state index in [1.807, 2.05) is 22.7 Å². The zero-order valence-corrected chi connectivity index (χ0v) is 31.4. The van der Waals surface area contributed by atoms with E-state index >= 15 is 0 Å². The summed E-state index contributed by atoms with van der Waals surface area (Å²) < 4.78 is 5.21. The number of thiophene rings is 2. The van der Waals surface area contributed by atoms with Crippen LogP contribution in [0, 0.1) is 0 Å². The van der Waals surface area contributed by atoms with Crippen LogP contribution in [0.3, 0.4) is 0 Å². The van der Waals surface area contributed by atoms with Gasteiger partial charge in [-0.25, -0.2) is 0 Å². The second kappa shape index (κ2) is 13.1. The van der Waals surface area contributed by atoms with Gasteiger partial charge in [0.25, 0.3) is 0 Å². The normalized spacial score (nSPS) is 11.6. The van der Waals surface area contributed by atoms with E-state index in [1.54, 1.807) is 0 Å². The van der Waals surface area contributed by atoms with Gasteiger partial charge in [0.15, 0.2) is 0 Å². The molecule has 2 heterocycles. The topological polar surface area (TPSA) is 3.24 Å². The molecule has 0 aliphatic heterocycles. The van der Waals surface area contributed by atoms with Crippen molar-refractivity contribution in [3.05, 3.63) is 200 Å². The molecule has 0 aliphatic rings. The van der Waals surface area contributed by atoms with Crippen molar-refractivity contribution in [3.8, 4) is 33.4 Å². The van der Waals surface area contributed by atoms with Crippen LogP contribution in [0.4, 0.5) is 17.1 Å². The maximum Gasteiger partial charge on any atom is 0.0640 e. The van der Waals surface area contributed by atoms with Crippen LogP contribution in [0.5, 0.6) is 0 Å². The third-order valence-electron chi connectivity index (χ3n) is 10.9. The van der Waals surface area contributed by atoms with Crippen LogP contribution < -0.4 is 4.90 Å². The van der Waals surface area contributed by atoms with Crippen LogP contribution in [0.2, 0.25) is 0 Å². The Labute approximate surface area is 327 Å². The van der Waals surface area contributed by atoms with Crippen molar-refractivity contribution in [2.75, 3.05) is 4.90 Å². The summed E-state index contributed by atoms with van der Waals surface area (Å²) in [5.74, 6) is 0. The summed E-state index contributed by atoms with van der Waals surface area (Å²) in [5.41, 5.74) is 10.8. The van der Waals surface area contributed by atoms with E-state index in [0.717, 1.165) is 5.69 Å². The van der Waals surface area contributed by atoms with Crippen molar-refractivity contribution < 1.29 is 0 Å². The van der Waals surface area contributed by atoms with Gasteiger partial charge in [-0.15, -0.1) is 22.7 Å². The van der Waals surface area contributed by atoms with Crippen LogP contribution in [-0.4, -0.2) is 0 Å². The SMILES string of the molecule is c1cc(-c2ccc(-c3ccc(N(c4cccc5c4sc4ccccc45)c4cccc5sc6ccccc6c45)cc3)cc2)cc(-c2ccc3ccccc3c2)c1. The molecule has 0 saturated carbocycles. The van der Waals surface area contributed by atoms with Gasteiger partial charge in [-0.2, -0.15) is 0 Å². The minimum absolute atomic E-state index is 1.14. The predicted octanol–water partition coefficient (Wildman–Crippen LogP) is 16.0. The largest absolute Gasteiger partial charge is 0.308 e. The van der Waals surface area contributed by atoms with Crippen LogP contribution in [0.1, 0.15) is 0 Å². The standard InChI is InChI=1S/C52H33NS2/c1-2-11-38-33-41(27-26-34(38)10-1)40-13-7-12-39(32-40)37-24-22-35(23-25-37)36-28-30-42(31-29-36)53(46-17-9-21-50-51(46)45-15-4-6-20-49(45)54-50)47-18-8-16-44-43-14-3-5-19-48(43)55-52(44)47/h1-33H. The fourth-order valence-electron chi connectivity index (χ4n) is 8.16. The van der Waals surface area contributed by atoms with Gasteiger partial charge in [-0.3, -0.25) is 0 Å². The van der Waals surface area contributed by atoms with Gasteiger partial charge in [-0.1, -0.05) is 146 Å². The summed E-state index contributed by atoms with van der Waals surface area (Å²) in [6.45, 7) is 0. The summed E-state index contributed by atoms with van der Waals surface area (Å²) in [7, 11) is 0. The molecular formula is C52H33NS2. The fraction of sp³-hybridized carbons (Fsp3) is 0. The number of benzene rings is 9.